The van der Waals surface area contributed by atoms with E-state index in [2.05, 4.69) is 15.7 Å². The predicted octanol–water partition coefficient (Wildman–Crippen LogP) is 1.18. The highest BCUT2D eigenvalue weighted by Crippen LogP contribution is 2.23. The van der Waals surface area contributed by atoms with Gasteiger partial charge in [0.05, 0.1) is 23.6 Å². The van der Waals surface area contributed by atoms with E-state index in [1.807, 2.05) is 4.68 Å². The smallest absolute Gasteiger partial charge is 0.254 e. The van der Waals surface area contributed by atoms with Crippen molar-refractivity contribution < 1.29 is 19.1 Å². The number of nitrogens with one attached hydrogen (secondary N) is 2. The molecule has 2 aromatic rings. The van der Waals surface area contributed by atoms with Gasteiger partial charge in [0.2, 0.25) is 5.91 Å². The molecule has 0 radical (unpaired) electrons. The maximum Gasteiger partial charge on any atom is 0.254 e. The normalized spacial score (nSPS) is 17.1. The van der Waals surface area contributed by atoms with Gasteiger partial charge in [0.25, 0.3) is 5.91 Å². The number of hydrogen-bond donors (Lipinski definition) is 3. The molecule has 1 aromatic heterocycles. The van der Waals surface area contributed by atoms with Gasteiger partial charge < -0.3 is 15.7 Å². The molecule has 27 heavy (non-hydrogen) atoms. The zero-order valence-corrected chi connectivity index (χ0v) is 15.1. The van der Waals surface area contributed by atoms with Crippen LogP contribution in [0.3, 0.4) is 0 Å². The van der Waals surface area contributed by atoms with Crippen LogP contribution in [0.2, 0.25) is 0 Å². The van der Waals surface area contributed by atoms with E-state index in [0.717, 1.165) is 12.1 Å². The SMILES string of the molecule is CC(=O)NC[C@H]1CCn2ncc(C(=O)NC[C@@H](O)c3cccc(F)c3)c2C1. The van der Waals surface area contributed by atoms with E-state index < -0.39 is 11.9 Å². The molecule has 0 aliphatic carbocycles. The molecule has 2 heterocycles. The summed E-state index contributed by atoms with van der Waals surface area (Å²) in [5, 5.41) is 19.9. The Morgan fingerprint density at radius 3 is 2.96 bits per heavy atom. The fraction of sp³-hybridized carbons (Fsp3) is 0.421. The topological polar surface area (TPSA) is 96.2 Å². The molecule has 0 fully saturated rings. The Labute approximate surface area is 156 Å². The molecule has 0 saturated carbocycles. The number of rotatable bonds is 6. The molecule has 0 bridgehead atoms. The molecule has 0 unspecified atom stereocenters. The standard InChI is InChI=1S/C19H23FN4O3/c1-12(25)21-9-13-5-6-24-17(7-13)16(10-23-24)19(27)22-11-18(26)14-3-2-4-15(20)8-14/h2-4,8,10,13,18,26H,5-7,9,11H2,1H3,(H,21,25)(H,22,27)/t13-,18+/m0/s1. The molecule has 0 spiro atoms. The predicted molar refractivity (Wildman–Crippen MR) is 96.4 cm³/mol. The fourth-order valence-electron chi connectivity index (χ4n) is 3.27. The van der Waals surface area contributed by atoms with Crippen LogP contribution >= 0.6 is 0 Å². The van der Waals surface area contributed by atoms with Crippen LogP contribution in [0.25, 0.3) is 0 Å². The number of fused-ring (bicyclic) bond motifs is 1. The summed E-state index contributed by atoms with van der Waals surface area (Å²) >= 11 is 0. The number of aliphatic hydroxyl groups excluding tert-OH is 1. The largest absolute Gasteiger partial charge is 0.387 e. The second kappa shape index (κ2) is 8.30. The van der Waals surface area contributed by atoms with Gasteiger partial charge in [-0.25, -0.2) is 4.39 Å². The molecule has 1 aliphatic rings. The molecule has 2 atom stereocenters. The quantitative estimate of drug-likeness (QED) is 0.708. The Balaban J connectivity index is 1.61. The lowest BCUT2D eigenvalue weighted by atomic mass is 9.94. The van der Waals surface area contributed by atoms with Gasteiger partial charge in [-0.15, -0.1) is 0 Å². The number of carbonyl (C=O) groups excluding carboxylic acids is 2. The molecule has 2 amide bonds. The van der Waals surface area contributed by atoms with E-state index in [0.29, 0.717) is 30.6 Å². The lowest BCUT2D eigenvalue weighted by molar-refractivity contribution is -0.119. The van der Waals surface area contributed by atoms with Gasteiger partial charge in [0, 0.05) is 26.6 Å². The van der Waals surface area contributed by atoms with E-state index in [1.54, 1.807) is 6.07 Å². The first kappa shape index (κ1) is 19.0. The number of benzene rings is 1. The first-order chi connectivity index (χ1) is 12.9. The van der Waals surface area contributed by atoms with Crippen LogP contribution in [-0.2, 0) is 17.8 Å². The summed E-state index contributed by atoms with van der Waals surface area (Å²) in [7, 11) is 0. The first-order valence-electron chi connectivity index (χ1n) is 8.95. The van der Waals surface area contributed by atoms with Gasteiger partial charge in [0.15, 0.2) is 0 Å². The summed E-state index contributed by atoms with van der Waals surface area (Å²) in [5.74, 6) is -0.582. The maximum absolute atomic E-state index is 13.3. The summed E-state index contributed by atoms with van der Waals surface area (Å²) < 4.78 is 15.1. The maximum atomic E-state index is 13.3. The molecule has 3 rings (SSSR count). The van der Waals surface area contributed by atoms with Gasteiger partial charge in [-0.1, -0.05) is 12.1 Å². The zero-order chi connectivity index (χ0) is 19.4. The van der Waals surface area contributed by atoms with Crippen LogP contribution in [0.4, 0.5) is 4.39 Å². The average Bonchev–Trinajstić information content (AvgIpc) is 3.07. The van der Waals surface area contributed by atoms with Gasteiger partial charge in [0.1, 0.15) is 5.82 Å². The van der Waals surface area contributed by atoms with Crippen molar-refractivity contribution in [2.45, 2.75) is 32.4 Å². The van der Waals surface area contributed by atoms with Crippen LogP contribution in [0, 0.1) is 11.7 Å². The van der Waals surface area contributed by atoms with E-state index >= 15 is 0 Å². The highest BCUT2D eigenvalue weighted by molar-refractivity contribution is 5.95. The first-order valence-corrected chi connectivity index (χ1v) is 8.95. The lowest BCUT2D eigenvalue weighted by Crippen LogP contribution is -2.33. The molecule has 144 valence electrons. The highest BCUT2D eigenvalue weighted by Gasteiger charge is 2.25. The van der Waals surface area contributed by atoms with E-state index in [-0.39, 0.29) is 24.3 Å². The summed E-state index contributed by atoms with van der Waals surface area (Å²) in [6, 6.07) is 5.66. The van der Waals surface area contributed by atoms with E-state index in [1.165, 1.54) is 31.3 Å². The van der Waals surface area contributed by atoms with Crippen molar-refractivity contribution in [2.75, 3.05) is 13.1 Å². The van der Waals surface area contributed by atoms with Crippen molar-refractivity contribution in [3.63, 3.8) is 0 Å². The number of aryl methyl sites for hydroxylation is 1. The third-order valence-corrected chi connectivity index (χ3v) is 4.75. The fourth-order valence-corrected chi connectivity index (χ4v) is 3.27. The second-order valence-electron chi connectivity index (χ2n) is 6.80. The summed E-state index contributed by atoms with van der Waals surface area (Å²) in [5.41, 5.74) is 1.70. The van der Waals surface area contributed by atoms with Crippen LogP contribution < -0.4 is 10.6 Å². The summed E-state index contributed by atoms with van der Waals surface area (Å²) in [6.45, 7) is 2.72. The summed E-state index contributed by atoms with van der Waals surface area (Å²) in [6.07, 6.45) is 2.06. The minimum absolute atomic E-state index is 0.0256. The summed E-state index contributed by atoms with van der Waals surface area (Å²) in [4.78, 5) is 23.6. The molecular weight excluding hydrogens is 351 g/mol. The number of halogens is 1. The molecule has 7 nitrogen and oxygen atoms in total. The zero-order valence-electron chi connectivity index (χ0n) is 15.1. The minimum atomic E-state index is -0.997. The van der Waals surface area contributed by atoms with Gasteiger partial charge in [-0.2, -0.15) is 5.10 Å². The Bertz CT molecular complexity index is 836. The molecule has 0 saturated heterocycles. The lowest BCUT2D eigenvalue weighted by Gasteiger charge is -2.24. The highest BCUT2D eigenvalue weighted by atomic mass is 19.1. The van der Waals surface area contributed by atoms with Crippen molar-refractivity contribution in [2.24, 2.45) is 5.92 Å². The molecule has 8 heteroatoms. The molecular formula is C19H23FN4O3. The third-order valence-electron chi connectivity index (χ3n) is 4.75. The average molecular weight is 374 g/mol. The van der Waals surface area contributed by atoms with Crippen LogP contribution in [0.1, 0.15) is 41.1 Å². The van der Waals surface area contributed by atoms with Gasteiger partial charge in [-0.3, -0.25) is 14.3 Å². The van der Waals surface area contributed by atoms with Crippen molar-refractivity contribution >= 4 is 11.8 Å². The Kier molecular flexibility index (Phi) is 5.85. The van der Waals surface area contributed by atoms with Crippen molar-refractivity contribution in [3.05, 3.63) is 53.1 Å². The monoisotopic (exact) mass is 374 g/mol. The van der Waals surface area contributed by atoms with Gasteiger partial charge >= 0.3 is 0 Å². The molecule has 1 aromatic carbocycles. The number of hydrogen-bond acceptors (Lipinski definition) is 4. The number of carbonyl (C=O) groups is 2. The van der Waals surface area contributed by atoms with Crippen LogP contribution in [-0.4, -0.2) is 39.8 Å². The number of nitrogens with zero attached hydrogens (tertiary/aromatic N) is 2. The van der Waals surface area contributed by atoms with Crippen molar-refractivity contribution in [1.82, 2.24) is 20.4 Å². The van der Waals surface area contributed by atoms with Gasteiger partial charge in [-0.05, 0) is 36.5 Å². The van der Waals surface area contributed by atoms with E-state index in [9.17, 15) is 19.1 Å². The Morgan fingerprint density at radius 2 is 2.22 bits per heavy atom. The Hall–Kier alpha value is -2.74. The molecule has 3 N–H and O–H groups in total. The molecule has 1 aliphatic heterocycles. The number of aromatic nitrogens is 2. The number of aliphatic hydroxyl groups is 1. The van der Waals surface area contributed by atoms with Crippen molar-refractivity contribution in [3.8, 4) is 0 Å². The minimum Gasteiger partial charge on any atom is -0.387 e. The number of amides is 2. The van der Waals surface area contributed by atoms with Crippen LogP contribution in [0.5, 0.6) is 0 Å². The van der Waals surface area contributed by atoms with E-state index in [4.69, 9.17) is 0 Å². The van der Waals surface area contributed by atoms with Crippen LogP contribution in [0.15, 0.2) is 30.5 Å². The Morgan fingerprint density at radius 1 is 1.41 bits per heavy atom. The second-order valence-corrected chi connectivity index (χ2v) is 6.80. The van der Waals surface area contributed by atoms with Crippen molar-refractivity contribution in [1.29, 1.82) is 0 Å². The third kappa shape index (κ3) is 4.71.